The Balaban J connectivity index is 1.79. The van der Waals surface area contributed by atoms with Gasteiger partial charge in [-0.15, -0.1) is 23.5 Å². The van der Waals surface area contributed by atoms with E-state index >= 15 is 0 Å². The number of amides is 2. The van der Waals surface area contributed by atoms with Crippen LogP contribution >= 0.6 is 39.5 Å². The predicted octanol–water partition coefficient (Wildman–Crippen LogP) is 4.09. The molecule has 0 saturated carbocycles. The maximum atomic E-state index is 13.3. The minimum absolute atomic E-state index is 0.107. The number of cyclic esters (lactones) is 1. The predicted molar refractivity (Wildman–Crippen MR) is 105 cm³/mol. The summed E-state index contributed by atoms with van der Waals surface area (Å²) in [7, 11) is 0. The number of hydrogen-bond donors (Lipinski definition) is 0. The maximum Gasteiger partial charge on any atom is 0.416 e. The molecule has 0 aliphatic carbocycles. The van der Waals surface area contributed by atoms with Crippen molar-refractivity contribution in [2.75, 3.05) is 23.4 Å². The Bertz CT molecular complexity index is 513. The number of hydrogen-bond acceptors (Lipinski definition) is 6. The topological polar surface area (TPSA) is 55.8 Å². The molecular formula is C17H26BrNO4S2. The van der Waals surface area contributed by atoms with Crippen LogP contribution in [0.15, 0.2) is 0 Å². The molecule has 0 aromatic rings. The quantitative estimate of drug-likeness (QED) is 0.586. The van der Waals surface area contributed by atoms with Crippen molar-refractivity contribution in [3.8, 4) is 0 Å². The van der Waals surface area contributed by atoms with Crippen LogP contribution in [-0.2, 0) is 14.3 Å². The lowest BCUT2D eigenvalue weighted by atomic mass is 9.94. The smallest absolute Gasteiger partial charge is 0.416 e. The number of halogens is 1. The van der Waals surface area contributed by atoms with Crippen LogP contribution in [-0.4, -0.2) is 56.8 Å². The number of ether oxygens (including phenoxy) is 2. The summed E-state index contributed by atoms with van der Waals surface area (Å²) >= 11 is 7.12. The van der Waals surface area contributed by atoms with Gasteiger partial charge in [-0.1, -0.05) is 29.8 Å². The van der Waals surface area contributed by atoms with E-state index in [1.54, 1.807) is 0 Å². The van der Waals surface area contributed by atoms with Gasteiger partial charge in [-0.3, -0.25) is 4.79 Å². The van der Waals surface area contributed by atoms with Crippen molar-refractivity contribution in [2.24, 2.45) is 11.8 Å². The van der Waals surface area contributed by atoms with Crippen LogP contribution in [0.3, 0.4) is 0 Å². The first-order valence-electron chi connectivity index (χ1n) is 8.99. The Hall–Kier alpha value is 0.0800. The molecule has 142 valence electrons. The van der Waals surface area contributed by atoms with Crippen molar-refractivity contribution >= 4 is 51.5 Å². The Labute approximate surface area is 166 Å². The van der Waals surface area contributed by atoms with E-state index in [9.17, 15) is 9.59 Å². The fourth-order valence-electron chi connectivity index (χ4n) is 3.65. The van der Waals surface area contributed by atoms with Gasteiger partial charge in [0.05, 0.1) is 18.1 Å². The van der Waals surface area contributed by atoms with Gasteiger partial charge in [0.2, 0.25) is 5.91 Å². The molecule has 3 rings (SSSR count). The average Bonchev–Trinajstić information content (AvgIpc) is 3.14. The van der Waals surface area contributed by atoms with E-state index in [1.807, 2.05) is 37.4 Å². The molecule has 0 aromatic carbocycles. The summed E-state index contributed by atoms with van der Waals surface area (Å²) in [6, 6.07) is -0.167. The number of thioether (sulfide) groups is 2. The summed E-state index contributed by atoms with van der Waals surface area (Å²) < 4.78 is 11.3. The molecular weight excluding hydrogens is 426 g/mol. The molecule has 8 heteroatoms. The fraction of sp³-hybridized carbons (Fsp3) is 0.882. The van der Waals surface area contributed by atoms with Crippen LogP contribution in [0.1, 0.15) is 39.5 Å². The number of imide groups is 1. The number of nitrogens with zero attached hydrogens (tertiary/aromatic N) is 1. The second-order valence-corrected chi connectivity index (χ2v) is 10.9. The second-order valence-electron chi connectivity index (χ2n) is 7.13. The van der Waals surface area contributed by atoms with E-state index in [1.165, 1.54) is 11.3 Å². The SMILES string of the molecule is CC(C)[C@H]1COC(=O)N1C(=O)[C@H]1CC2(O[C@@H]1CCCBr)SCCCS2. The number of alkyl halides is 1. The van der Waals surface area contributed by atoms with Crippen molar-refractivity contribution in [1.29, 1.82) is 0 Å². The first-order valence-corrected chi connectivity index (χ1v) is 12.1. The highest BCUT2D eigenvalue weighted by Gasteiger charge is 2.54. The normalized spacial score (nSPS) is 31.8. The van der Waals surface area contributed by atoms with Crippen LogP contribution in [0.5, 0.6) is 0 Å². The summed E-state index contributed by atoms with van der Waals surface area (Å²) in [6.45, 7) is 4.35. The summed E-state index contributed by atoms with van der Waals surface area (Å²) in [4.78, 5) is 26.9. The van der Waals surface area contributed by atoms with Crippen molar-refractivity contribution in [3.63, 3.8) is 0 Å². The molecule has 3 heterocycles. The Morgan fingerprint density at radius 2 is 2.12 bits per heavy atom. The number of carbonyl (C=O) groups excluding carboxylic acids is 2. The Kier molecular flexibility index (Phi) is 6.66. The third kappa shape index (κ3) is 4.17. The molecule has 3 aliphatic heterocycles. The molecule has 3 atom stereocenters. The minimum Gasteiger partial charge on any atom is -0.447 e. The molecule has 1 spiro atoms. The highest BCUT2D eigenvalue weighted by molar-refractivity contribution is 9.09. The molecule has 0 bridgehead atoms. The fourth-order valence-corrected chi connectivity index (χ4v) is 7.16. The molecule has 0 radical (unpaired) electrons. The largest absolute Gasteiger partial charge is 0.447 e. The van der Waals surface area contributed by atoms with Gasteiger partial charge in [-0.2, -0.15) is 0 Å². The Morgan fingerprint density at radius 3 is 2.76 bits per heavy atom. The van der Waals surface area contributed by atoms with Gasteiger partial charge in [-0.25, -0.2) is 9.69 Å². The van der Waals surface area contributed by atoms with Gasteiger partial charge in [-0.05, 0) is 36.7 Å². The third-order valence-electron chi connectivity index (χ3n) is 5.03. The number of carbonyl (C=O) groups is 2. The van der Waals surface area contributed by atoms with E-state index in [4.69, 9.17) is 9.47 Å². The second kappa shape index (κ2) is 8.40. The van der Waals surface area contributed by atoms with Gasteiger partial charge in [0.1, 0.15) is 6.61 Å². The van der Waals surface area contributed by atoms with Crippen molar-refractivity contribution < 1.29 is 19.1 Å². The van der Waals surface area contributed by atoms with Crippen molar-refractivity contribution in [3.05, 3.63) is 0 Å². The molecule has 0 aromatic heterocycles. The number of rotatable bonds is 5. The van der Waals surface area contributed by atoms with E-state index < -0.39 is 6.09 Å². The molecule has 25 heavy (non-hydrogen) atoms. The van der Waals surface area contributed by atoms with E-state index in [0.717, 1.165) is 29.7 Å². The average molecular weight is 452 g/mol. The van der Waals surface area contributed by atoms with Crippen molar-refractivity contribution in [1.82, 2.24) is 4.90 Å². The summed E-state index contributed by atoms with van der Waals surface area (Å²) in [5.74, 6) is 1.96. The standard InChI is InChI=1S/C17H26BrNO4S2/c1-11(2)13-10-22-16(21)19(13)15(20)12-9-17(24-7-4-8-25-17)23-14(12)5-3-6-18/h11-14H,3-10H2,1-2H3/t12-,13+,14+/m0/s1. The first-order chi connectivity index (χ1) is 12.0. The van der Waals surface area contributed by atoms with Gasteiger partial charge in [0.15, 0.2) is 4.27 Å². The summed E-state index contributed by atoms with van der Waals surface area (Å²) in [6.07, 6.45) is 3.04. The van der Waals surface area contributed by atoms with E-state index in [-0.39, 0.29) is 34.2 Å². The molecule has 3 fully saturated rings. The monoisotopic (exact) mass is 451 g/mol. The highest BCUT2D eigenvalue weighted by Crippen LogP contribution is 2.54. The first kappa shape index (κ1) is 19.8. The highest BCUT2D eigenvalue weighted by atomic mass is 79.9. The zero-order valence-corrected chi connectivity index (χ0v) is 18.0. The zero-order chi connectivity index (χ0) is 18.0. The lowest BCUT2D eigenvalue weighted by molar-refractivity contribution is -0.135. The lowest BCUT2D eigenvalue weighted by Gasteiger charge is -2.31. The summed E-state index contributed by atoms with van der Waals surface area (Å²) in [5, 5.41) is 0.890. The Morgan fingerprint density at radius 1 is 1.40 bits per heavy atom. The van der Waals surface area contributed by atoms with Gasteiger partial charge in [0, 0.05) is 11.8 Å². The molecule has 0 N–H and O–H groups in total. The van der Waals surface area contributed by atoms with E-state index in [0.29, 0.717) is 13.0 Å². The minimum atomic E-state index is -0.493. The van der Waals surface area contributed by atoms with Crippen LogP contribution in [0, 0.1) is 11.8 Å². The molecule has 2 amide bonds. The van der Waals surface area contributed by atoms with Gasteiger partial charge >= 0.3 is 6.09 Å². The van der Waals surface area contributed by atoms with Crippen LogP contribution in [0.2, 0.25) is 0 Å². The molecule has 3 aliphatic rings. The van der Waals surface area contributed by atoms with Crippen LogP contribution in [0.25, 0.3) is 0 Å². The van der Waals surface area contributed by atoms with Gasteiger partial charge in [0.25, 0.3) is 0 Å². The van der Waals surface area contributed by atoms with Crippen LogP contribution in [0.4, 0.5) is 4.79 Å². The van der Waals surface area contributed by atoms with Crippen LogP contribution < -0.4 is 0 Å². The molecule has 0 unspecified atom stereocenters. The van der Waals surface area contributed by atoms with Gasteiger partial charge < -0.3 is 9.47 Å². The molecule has 5 nitrogen and oxygen atoms in total. The zero-order valence-electron chi connectivity index (χ0n) is 14.7. The third-order valence-corrected chi connectivity index (χ3v) is 8.69. The lowest BCUT2D eigenvalue weighted by Crippen LogP contribution is -2.46. The van der Waals surface area contributed by atoms with E-state index in [2.05, 4.69) is 15.9 Å². The maximum absolute atomic E-state index is 13.3. The van der Waals surface area contributed by atoms with Crippen molar-refractivity contribution in [2.45, 2.75) is 55.9 Å². The molecule has 3 saturated heterocycles. The summed E-state index contributed by atoms with van der Waals surface area (Å²) in [5.41, 5.74) is 0.